The highest BCUT2D eigenvalue weighted by molar-refractivity contribution is 5.73. The van der Waals surface area contributed by atoms with Gasteiger partial charge in [0.25, 0.3) is 0 Å². The lowest BCUT2D eigenvalue weighted by molar-refractivity contribution is -0.137. The number of unbranched alkanes of at least 4 members (excludes halogenated alkanes) is 1. The van der Waals surface area contributed by atoms with Crippen LogP contribution in [-0.2, 0) is 6.18 Å². The number of amides is 2. The predicted molar refractivity (Wildman–Crippen MR) is 130 cm³/mol. The van der Waals surface area contributed by atoms with Crippen LogP contribution < -0.4 is 15.5 Å². The van der Waals surface area contributed by atoms with Gasteiger partial charge in [-0.3, -0.25) is 9.80 Å². The van der Waals surface area contributed by atoms with Crippen molar-refractivity contribution in [3.63, 3.8) is 0 Å². The number of anilines is 1. The lowest BCUT2D eigenvalue weighted by atomic mass is 9.98. The minimum absolute atomic E-state index is 0.0338. The number of rotatable bonds is 9. The van der Waals surface area contributed by atoms with Gasteiger partial charge in [0, 0.05) is 50.5 Å². The molecule has 192 valence electrons. The quantitative estimate of drug-likeness (QED) is 0.518. The van der Waals surface area contributed by atoms with Gasteiger partial charge in [0.15, 0.2) is 0 Å². The maximum atomic E-state index is 13.0. The summed E-state index contributed by atoms with van der Waals surface area (Å²) in [5.74, 6) is 0. The van der Waals surface area contributed by atoms with Gasteiger partial charge in [0.1, 0.15) is 0 Å². The normalized spacial score (nSPS) is 18.7. The third kappa shape index (κ3) is 8.05. The second-order valence-corrected chi connectivity index (χ2v) is 10.1. The molecule has 0 unspecified atom stereocenters. The molecule has 2 N–H and O–H groups in total. The Hall–Kier alpha value is -2.00. The van der Waals surface area contributed by atoms with E-state index in [9.17, 15) is 18.0 Å². The van der Waals surface area contributed by atoms with Crippen molar-refractivity contribution in [1.82, 2.24) is 20.4 Å². The molecule has 0 bridgehead atoms. The van der Waals surface area contributed by atoms with E-state index < -0.39 is 11.7 Å². The van der Waals surface area contributed by atoms with Gasteiger partial charge in [0.2, 0.25) is 0 Å². The lowest BCUT2D eigenvalue weighted by Gasteiger charge is -2.41. The number of carbonyl (C=O) groups is 1. The highest BCUT2D eigenvalue weighted by Crippen LogP contribution is 2.31. The first-order valence-corrected chi connectivity index (χ1v) is 12.6. The summed E-state index contributed by atoms with van der Waals surface area (Å²) in [6.07, 6.45) is 1.32. The van der Waals surface area contributed by atoms with Gasteiger partial charge in [0.05, 0.1) is 5.56 Å². The molecule has 0 aliphatic carbocycles. The molecule has 6 nitrogen and oxygen atoms in total. The molecular formula is C25H40F3N5O. The van der Waals surface area contributed by atoms with E-state index in [-0.39, 0.29) is 11.6 Å². The van der Waals surface area contributed by atoms with Crippen molar-refractivity contribution in [3.8, 4) is 0 Å². The zero-order chi connectivity index (χ0) is 24.6. The number of nitrogens with zero attached hydrogens (tertiary/aromatic N) is 3. The van der Waals surface area contributed by atoms with Crippen molar-refractivity contribution in [2.75, 3.05) is 63.8 Å². The summed E-state index contributed by atoms with van der Waals surface area (Å²) in [5, 5.41) is 5.97. The number of halogens is 3. The number of carbonyl (C=O) groups excluding carboxylic acids is 1. The van der Waals surface area contributed by atoms with E-state index in [1.54, 1.807) is 6.07 Å². The second-order valence-electron chi connectivity index (χ2n) is 10.1. The molecule has 9 heteroatoms. The Morgan fingerprint density at radius 3 is 2.32 bits per heavy atom. The first-order chi connectivity index (χ1) is 16.1. The first kappa shape index (κ1) is 26.6. The van der Waals surface area contributed by atoms with Crippen molar-refractivity contribution in [3.05, 3.63) is 29.8 Å². The molecule has 2 amide bonds. The number of nitrogens with one attached hydrogen (secondary N) is 2. The summed E-state index contributed by atoms with van der Waals surface area (Å²) in [6.45, 7) is 11.9. The van der Waals surface area contributed by atoms with Crippen molar-refractivity contribution >= 4 is 11.7 Å². The molecule has 2 heterocycles. The lowest BCUT2D eigenvalue weighted by Crippen LogP contribution is -2.54. The highest BCUT2D eigenvalue weighted by atomic mass is 19.4. The average Bonchev–Trinajstić information content (AvgIpc) is 2.83. The molecule has 0 saturated carbocycles. The molecule has 2 fully saturated rings. The minimum atomic E-state index is -4.31. The molecule has 1 aromatic carbocycles. The summed E-state index contributed by atoms with van der Waals surface area (Å²) in [7, 11) is 0. The van der Waals surface area contributed by atoms with Crippen LogP contribution in [0.3, 0.4) is 0 Å². The van der Waals surface area contributed by atoms with Crippen LogP contribution in [0.2, 0.25) is 0 Å². The molecule has 0 radical (unpaired) electrons. The number of piperazine rings is 1. The molecule has 0 spiro atoms. The Labute approximate surface area is 201 Å². The molecule has 2 aliphatic heterocycles. The van der Waals surface area contributed by atoms with Crippen LogP contribution in [-0.4, -0.2) is 80.3 Å². The second kappa shape index (κ2) is 12.1. The molecular weight excluding hydrogens is 443 g/mol. The summed E-state index contributed by atoms with van der Waals surface area (Å²) >= 11 is 0. The van der Waals surface area contributed by atoms with Gasteiger partial charge in [-0.1, -0.05) is 12.5 Å². The number of likely N-dealkylation sites (tertiary alicyclic amines) is 1. The Morgan fingerprint density at radius 1 is 0.941 bits per heavy atom. The van der Waals surface area contributed by atoms with Crippen LogP contribution in [0.25, 0.3) is 0 Å². The Bertz CT molecular complexity index is 772. The number of piperidine rings is 1. The maximum absolute atomic E-state index is 13.0. The predicted octanol–water partition coefficient (Wildman–Crippen LogP) is 4.17. The third-order valence-corrected chi connectivity index (χ3v) is 6.99. The third-order valence-electron chi connectivity index (χ3n) is 6.99. The van der Waals surface area contributed by atoms with Crippen LogP contribution in [0.5, 0.6) is 0 Å². The highest BCUT2D eigenvalue weighted by Gasteiger charge is 2.31. The Morgan fingerprint density at radius 2 is 1.65 bits per heavy atom. The van der Waals surface area contributed by atoms with Crippen LogP contribution >= 0.6 is 0 Å². The molecule has 3 rings (SSSR count). The monoisotopic (exact) mass is 483 g/mol. The molecule has 0 atom stereocenters. The zero-order valence-electron chi connectivity index (χ0n) is 20.6. The number of hydrogen-bond donors (Lipinski definition) is 2. The van der Waals surface area contributed by atoms with E-state index in [0.717, 1.165) is 64.7 Å². The van der Waals surface area contributed by atoms with E-state index in [2.05, 4.69) is 34.3 Å². The fourth-order valence-electron chi connectivity index (χ4n) is 4.74. The zero-order valence-corrected chi connectivity index (χ0v) is 20.6. The summed E-state index contributed by atoms with van der Waals surface area (Å²) in [5.41, 5.74) is 0.000660. The van der Waals surface area contributed by atoms with Gasteiger partial charge < -0.3 is 15.5 Å². The average molecular weight is 484 g/mol. The van der Waals surface area contributed by atoms with Crippen LogP contribution in [0.4, 0.5) is 23.7 Å². The summed E-state index contributed by atoms with van der Waals surface area (Å²) < 4.78 is 38.9. The number of hydrogen-bond acceptors (Lipinski definition) is 4. The van der Waals surface area contributed by atoms with E-state index in [1.807, 2.05) is 4.90 Å². The smallest absolute Gasteiger partial charge is 0.369 e. The number of benzene rings is 1. The van der Waals surface area contributed by atoms with Crippen molar-refractivity contribution in [2.24, 2.45) is 0 Å². The number of urea groups is 1. The largest absolute Gasteiger partial charge is 0.416 e. The van der Waals surface area contributed by atoms with Gasteiger partial charge in [-0.15, -0.1) is 0 Å². The van der Waals surface area contributed by atoms with Gasteiger partial charge >= 0.3 is 12.2 Å². The Balaban J connectivity index is 1.27. The van der Waals surface area contributed by atoms with E-state index in [1.165, 1.54) is 31.4 Å². The number of alkyl halides is 3. The molecule has 2 saturated heterocycles. The maximum Gasteiger partial charge on any atom is 0.416 e. The van der Waals surface area contributed by atoms with Gasteiger partial charge in [-0.25, -0.2) is 4.79 Å². The van der Waals surface area contributed by atoms with E-state index in [4.69, 9.17) is 0 Å². The molecule has 1 aromatic rings. The fraction of sp³-hybridized carbons (Fsp3) is 0.720. The van der Waals surface area contributed by atoms with Crippen LogP contribution in [0, 0.1) is 0 Å². The molecule has 2 aliphatic rings. The first-order valence-electron chi connectivity index (χ1n) is 12.6. The van der Waals surface area contributed by atoms with Crippen molar-refractivity contribution in [2.45, 2.75) is 57.7 Å². The van der Waals surface area contributed by atoms with Crippen LogP contribution in [0.15, 0.2) is 24.3 Å². The molecule has 0 aromatic heterocycles. The van der Waals surface area contributed by atoms with Crippen molar-refractivity contribution < 1.29 is 18.0 Å². The fourth-order valence-corrected chi connectivity index (χ4v) is 4.74. The van der Waals surface area contributed by atoms with E-state index >= 15 is 0 Å². The topological polar surface area (TPSA) is 50.9 Å². The van der Waals surface area contributed by atoms with Gasteiger partial charge in [-0.2, -0.15) is 13.2 Å². The summed E-state index contributed by atoms with van der Waals surface area (Å²) in [4.78, 5) is 19.0. The van der Waals surface area contributed by atoms with E-state index in [0.29, 0.717) is 18.8 Å². The van der Waals surface area contributed by atoms with Gasteiger partial charge in [-0.05, 0) is 77.4 Å². The Kier molecular flexibility index (Phi) is 9.47. The standard InChI is InChI=1S/C25H40F3N5O/c1-24(2,33-13-5-3-6-14-33)20-30-23(34)29-11-4-7-12-31-15-17-32(18-16-31)22-10-8-9-21(19-22)25(26,27)28/h8-10,19H,3-7,11-18,20H2,1-2H3,(H2,29,30,34). The minimum Gasteiger partial charge on any atom is -0.369 e. The molecule has 34 heavy (non-hydrogen) atoms. The van der Waals surface area contributed by atoms with Crippen LogP contribution in [0.1, 0.15) is 51.5 Å². The van der Waals surface area contributed by atoms with Crippen molar-refractivity contribution in [1.29, 1.82) is 0 Å². The summed E-state index contributed by atoms with van der Waals surface area (Å²) in [6, 6.07) is 5.46. The SMILES string of the molecule is CC(C)(CNC(=O)NCCCCN1CCN(c2cccc(C(F)(F)F)c2)CC1)N1CCCCC1.